The molecule has 0 aliphatic carbocycles. The maximum absolute atomic E-state index is 12.4. The van der Waals surface area contributed by atoms with E-state index in [1.165, 1.54) is 27.5 Å². The number of rotatable bonds is 7. The molecule has 2 aromatic carbocycles. The van der Waals surface area contributed by atoms with Crippen LogP contribution in [-0.4, -0.2) is 43.6 Å². The number of H-pyrrole nitrogens is 1. The molecule has 2 heterocycles. The molecule has 2 N–H and O–H groups in total. The number of hydrogen-bond donors (Lipinski definition) is 2. The van der Waals surface area contributed by atoms with Crippen LogP contribution in [0.5, 0.6) is 17.2 Å². The fourth-order valence-corrected chi connectivity index (χ4v) is 3.18. The van der Waals surface area contributed by atoms with E-state index in [9.17, 15) is 4.79 Å². The van der Waals surface area contributed by atoms with E-state index in [2.05, 4.69) is 20.7 Å². The number of carbonyl (C=O) groups excluding carboxylic acids is 1. The standard InChI is InChI=1S/C22H20N4O5/c1-28-19-8-13(9-20(29-2)21(19)30-3)11-24-25-22(27)17-10-18(31-26-17)15-12-23-16-7-5-4-6-14(15)16/h4-12,23H,1-3H3,(H,25,27)/b24-11-. The first-order chi connectivity index (χ1) is 15.1. The summed E-state index contributed by atoms with van der Waals surface area (Å²) in [6.07, 6.45) is 3.28. The van der Waals surface area contributed by atoms with E-state index < -0.39 is 5.91 Å². The number of amides is 1. The second-order valence-electron chi connectivity index (χ2n) is 6.48. The Balaban J connectivity index is 1.49. The van der Waals surface area contributed by atoms with Crippen LogP contribution in [0.4, 0.5) is 0 Å². The van der Waals surface area contributed by atoms with Crippen molar-refractivity contribution in [2.45, 2.75) is 0 Å². The van der Waals surface area contributed by atoms with E-state index in [4.69, 9.17) is 18.7 Å². The van der Waals surface area contributed by atoms with Crippen molar-refractivity contribution in [3.63, 3.8) is 0 Å². The zero-order valence-electron chi connectivity index (χ0n) is 17.1. The fourth-order valence-electron chi connectivity index (χ4n) is 3.18. The molecule has 0 saturated heterocycles. The molecule has 0 aliphatic heterocycles. The summed E-state index contributed by atoms with van der Waals surface area (Å²) in [6, 6.07) is 12.8. The summed E-state index contributed by atoms with van der Waals surface area (Å²) in [7, 11) is 4.57. The number of hydrazone groups is 1. The number of nitrogens with zero attached hydrogens (tertiary/aromatic N) is 2. The van der Waals surface area contributed by atoms with Crippen molar-refractivity contribution in [3.8, 4) is 28.6 Å². The summed E-state index contributed by atoms with van der Waals surface area (Å²) in [5.41, 5.74) is 4.98. The maximum atomic E-state index is 12.4. The summed E-state index contributed by atoms with van der Waals surface area (Å²) in [5, 5.41) is 8.81. The van der Waals surface area contributed by atoms with Crippen molar-refractivity contribution >= 4 is 23.0 Å². The Labute approximate surface area is 177 Å². The molecule has 0 aliphatic rings. The highest BCUT2D eigenvalue weighted by Crippen LogP contribution is 2.37. The highest BCUT2D eigenvalue weighted by atomic mass is 16.5. The fraction of sp³-hybridized carbons (Fsp3) is 0.136. The molecule has 9 nitrogen and oxygen atoms in total. The third-order valence-electron chi connectivity index (χ3n) is 4.66. The van der Waals surface area contributed by atoms with Crippen molar-refractivity contribution in [3.05, 3.63) is 59.9 Å². The van der Waals surface area contributed by atoms with Crippen molar-refractivity contribution in [2.24, 2.45) is 5.10 Å². The molecule has 0 saturated carbocycles. The molecular formula is C22H20N4O5. The lowest BCUT2D eigenvalue weighted by atomic mass is 10.1. The smallest absolute Gasteiger partial charge is 0.293 e. The lowest BCUT2D eigenvalue weighted by Crippen LogP contribution is -2.17. The quantitative estimate of drug-likeness (QED) is 0.349. The number of carbonyl (C=O) groups is 1. The number of hydrogen-bond acceptors (Lipinski definition) is 7. The normalized spacial score (nSPS) is 11.1. The van der Waals surface area contributed by atoms with Crippen LogP contribution in [0.25, 0.3) is 22.2 Å². The van der Waals surface area contributed by atoms with Gasteiger partial charge in [-0.3, -0.25) is 4.79 Å². The van der Waals surface area contributed by atoms with Crippen LogP contribution in [-0.2, 0) is 0 Å². The minimum absolute atomic E-state index is 0.113. The van der Waals surface area contributed by atoms with Gasteiger partial charge in [0.1, 0.15) is 0 Å². The van der Waals surface area contributed by atoms with Gasteiger partial charge >= 0.3 is 0 Å². The van der Waals surface area contributed by atoms with Gasteiger partial charge in [0.05, 0.1) is 27.5 Å². The predicted molar refractivity (Wildman–Crippen MR) is 115 cm³/mol. The molecule has 158 valence electrons. The summed E-state index contributed by atoms with van der Waals surface area (Å²) in [6.45, 7) is 0. The number of methoxy groups -OCH3 is 3. The summed E-state index contributed by atoms with van der Waals surface area (Å²) >= 11 is 0. The summed E-state index contributed by atoms with van der Waals surface area (Å²) in [4.78, 5) is 15.6. The number of para-hydroxylation sites is 1. The van der Waals surface area contributed by atoms with Crippen LogP contribution < -0.4 is 19.6 Å². The van der Waals surface area contributed by atoms with Crippen molar-refractivity contribution in [1.29, 1.82) is 0 Å². The van der Waals surface area contributed by atoms with Gasteiger partial charge in [0.25, 0.3) is 5.91 Å². The van der Waals surface area contributed by atoms with Gasteiger partial charge in [0, 0.05) is 34.3 Å². The molecule has 4 rings (SSSR count). The first-order valence-electron chi connectivity index (χ1n) is 9.31. The third kappa shape index (κ3) is 3.93. The van der Waals surface area contributed by atoms with Gasteiger partial charge < -0.3 is 23.7 Å². The Morgan fingerprint density at radius 3 is 2.55 bits per heavy atom. The van der Waals surface area contributed by atoms with E-state index in [1.807, 2.05) is 30.5 Å². The molecule has 0 unspecified atom stereocenters. The lowest BCUT2D eigenvalue weighted by molar-refractivity contribution is 0.0946. The van der Waals surface area contributed by atoms with Gasteiger partial charge in [-0.1, -0.05) is 23.4 Å². The molecule has 1 amide bonds. The van der Waals surface area contributed by atoms with Crippen LogP contribution in [0.1, 0.15) is 16.1 Å². The van der Waals surface area contributed by atoms with Crippen LogP contribution >= 0.6 is 0 Å². The lowest BCUT2D eigenvalue weighted by Gasteiger charge is -2.12. The molecular weight excluding hydrogens is 400 g/mol. The first kappa shape index (κ1) is 20.0. The second-order valence-corrected chi connectivity index (χ2v) is 6.48. The average Bonchev–Trinajstić information content (AvgIpc) is 3.45. The van der Waals surface area contributed by atoms with E-state index >= 15 is 0 Å². The molecule has 0 radical (unpaired) electrons. The third-order valence-corrected chi connectivity index (χ3v) is 4.66. The summed E-state index contributed by atoms with van der Waals surface area (Å²) in [5.74, 6) is 1.41. The Morgan fingerprint density at radius 1 is 1.10 bits per heavy atom. The zero-order chi connectivity index (χ0) is 21.8. The van der Waals surface area contributed by atoms with E-state index in [0.29, 0.717) is 28.6 Å². The second kappa shape index (κ2) is 8.62. The van der Waals surface area contributed by atoms with Crippen molar-refractivity contribution in [1.82, 2.24) is 15.6 Å². The molecule has 9 heteroatoms. The molecule has 4 aromatic rings. The van der Waals surface area contributed by atoms with Gasteiger partial charge in [-0.05, 0) is 18.2 Å². The number of fused-ring (bicyclic) bond motifs is 1. The zero-order valence-corrected chi connectivity index (χ0v) is 17.1. The molecule has 0 bridgehead atoms. The van der Waals surface area contributed by atoms with Crippen molar-refractivity contribution < 1.29 is 23.5 Å². The largest absolute Gasteiger partial charge is 0.493 e. The van der Waals surface area contributed by atoms with Crippen molar-refractivity contribution in [2.75, 3.05) is 21.3 Å². The number of aromatic amines is 1. The highest BCUT2D eigenvalue weighted by Gasteiger charge is 2.16. The molecule has 2 aromatic heterocycles. The number of nitrogens with one attached hydrogen (secondary N) is 2. The Bertz CT molecular complexity index is 1230. The highest BCUT2D eigenvalue weighted by molar-refractivity contribution is 5.97. The topological polar surface area (TPSA) is 111 Å². The van der Waals surface area contributed by atoms with Gasteiger partial charge in [-0.15, -0.1) is 0 Å². The maximum Gasteiger partial charge on any atom is 0.293 e. The first-order valence-corrected chi connectivity index (χ1v) is 9.31. The average molecular weight is 420 g/mol. The van der Waals surface area contributed by atoms with Crippen LogP contribution in [0.3, 0.4) is 0 Å². The number of ether oxygens (including phenoxy) is 3. The number of benzene rings is 2. The minimum Gasteiger partial charge on any atom is -0.493 e. The molecule has 0 atom stereocenters. The Hall–Kier alpha value is -4.27. The van der Waals surface area contributed by atoms with E-state index in [1.54, 1.807) is 18.2 Å². The van der Waals surface area contributed by atoms with Crippen LogP contribution in [0.2, 0.25) is 0 Å². The minimum atomic E-state index is -0.501. The van der Waals surface area contributed by atoms with Gasteiger partial charge in [-0.25, -0.2) is 5.43 Å². The van der Waals surface area contributed by atoms with Gasteiger partial charge in [0.2, 0.25) is 5.75 Å². The van der Waals surface area contributed by atoms with Crippen LogP contribution in [0.15, 0.2) is 58.3 Å². The monoisotopic (exact) mass is 420 g/mol. The Morgan fingerprint density at radius 2 is 1.84 bits per heavy atom. The SMILES string of the molecule is COc1cc(/C=N\NC(=O)c2cc(-c3c[nH]c4ccccc34)on2)cc(OC)c1OC. The van der Waals surface area contributed by atoms with E-state index in [0.717, 1.165) is 16.5 Å². The van der Waals surface area contributed by atoms with Crippen LogP contribution in [0, 0.1) is 0 Å². The predicted octanol–water partition coefficient (Wildman–Crippen LogP) is 3.61. The molecule has 0 spiro atoms. The van der Waals surface area contributed by atoms with Gasteiger partial charge in [0.15, 0.2) is 23.0 Å². The number of aromatic nitrogens is 2. The molecule has 0 fully saturated rings. The molecule has 31 heavy (non-hydrogen) atoms. The Kier molecular flexibility index (Phi) is 5.57. The van der Waals surface area contributed by atoms with E-state index in [-0.39, 0.29) is 5.69 Å². The summed E-state index contributed by atoms with van der Waals surface area (Å²) < 4.78 is 21.3. The van der Waals surface area contributed by atoms with Gasteiger partial charge in [-0.2, -0.15) is 5.10 Å².